The molecule has 0 saturated carbocycles. The standard InChI is InChI=1S/C15H12Cl2F3N3O/c16-9-1-2-11(17)8(5-9)6-23-4-3-10-12(7-23)21-14(15(18,19)20)22-13(10)24/h1-2,5H,3-4,6-7H2,(H,21,22,24). The molecule has 9 heteroatoms. The van der Waals surface area contributed by atoms with Crippen molar-refractivity contribution in [3.05, 3.63) is 61.2 Å². The fraction of sp³-hybridized carbons (Fsp3) is 0.333. The number of aromatic amines is 1. The second kappa shape index (κ2) is 6.38. The lowest BCUT2D eigenvalue weighted by Crippen LogP contribution is -2.36. The number of H-pyrrole nitrogens is 1. The summed E-state index contributed by atoms with van der Waals surface area (Å²) in [6, 6.07) is 5.04. The molecule has 24 heavy (non-hydrogen) atoms. The molecule has 1 aromatic heterocycles. The van der Waals surface area contributed by atoms with E-state index in [0.717, 1.165) is 5.56 Å². The second-order valence-corrected chi connectivity index (χ2v) is 6.38. The first-order valence-corrected chi connectivity index (χ1v) is 7.85. The molecule has 2 aromatic rings. The van der Waals surface area contributed by atoms with Gasteiger partial charge in [-0.05, 0) is 30.2 Å². The van der Waals surface area contributed by atoms with Crippen molar-refractivity contribution in [2.75, 3.05) is 6.54 Å². The van der Waals surface area contributed by atoms with Crippen LogP contribution in [0.4, 0.5) is 13.2 Å². The van der Waals surface area contributed by atoms with Gasteiger partial charge in [-0.15, -0.1) is 0 Å². The fourth-order valence-electron chi connectivity index (χ4n) is 2.67. The molecular formula is C15H12Cl2F3N3O. The smallest absolute Gasteiger partial charge is 0.303 e. The second-order valence-electron chi connectivity index (χ2n) is 5.53. The zero-order valence-electron chi connectivity index (χ0n) is 12.3. The molecule has 1 aliphatic heterocycles. The molecular weight excluding hydrogens is 366 g/mol. The maximum atomic E-state index is 12.8. The van der Waals surface area contributed by atoms with Crippen LogP contribution >= 0.6 is 23.2 Å². The number of alkyl halides is 3. The van der Waals surface area contributed by atoms with E-state index in [1.54, 1.807) is 18.2 Å². The van der Waals surface area contributed by atoms with E-state index in [1.165, 1.54) is 0 Å². The van der Waals surface area contributed by atoms with Gasteiger partial charge in [0, 0.05) is 35.2 Å². The van der Waals surface area contributed by atoms with Crippen LogP contribution in [0, 0.1) is 0 Å². The summed E-state index contributed by atoms with van der Waals surface area (Å²) in [7, 11) is 0. The summed E-state index contributed by atoms with van der Waals surface area (Å²) in [5.41, 5.74) is 0.494. The van der Waals surface area contributed by atoms with Crippen molar-refractivity contribution in [3.63, 3.8) is 0 Å². The van der Waals surface area contributed by atoms with Crippen LogP contribution in [-0.2, 0) is 25.7 Å². The van der Waals surface area contributed by atoms with Crippen molar-refractivity contribution in [2.45, 2.75) is 25.7 Å². The van der Waals surface area contributed by atoms with E-state index in [2.05, 4.69) is 4.98 Å². The first-order chi connectivity index (χ1) is 11.2. The van der Waals surface area contributed by atoms with Crippen LogP contribution in [0.15, 0.2) is 23.0 Å². The van der Waals surface area contributed by atoms with Gasteiger partial charge in [0.25, 0.3) is 5.56 Å². The molecule has 0 unspecified atom stereocenters. The molecule has 2 heterocycles. The predicted octanol–water partition coefficient (Wildman–Crippen LogP) is 3.65. The normalized spacial score (nSPS) is 15.4. The predicted molar refractivity (Wildman–Crippen MR) is 84.1 cm³/mol. The average Bonchev–Trinajstić information content (AvgIpc) is 2.49. The zero-order valence-corrected chi connectivity index (χ0v) is 13.8. The lowest BCUT2D eigenvalue weighted by Gasteiger charge is -2.28. The van der Waals surface area contributed by atoms with Gasteiger partial charge in [-0.1, -0.05) is 23.2 Å². The van der Waals surface area contributed by atoms with Crippen LogP contribution < -0.4 is 5.56 Å². The minimum Gasteiger partial charge on any atom is -0.303 e. The number of benzene rings is 1. The Bertz CT molecular complexity index is 836. The van der Waals surface area contributed by atoms with E-state index < -0.39 is 17.6 Å². The number of nitrogens with one attached hydrogen (secondary N) is 1. The molecule has 0 aliphatic carbocycles. The van der Waals surface area contributed by atoms with Crippen LogP contribution in [0.2, 0.25) is 10.0 Å². The van der Waals surface area contributed by atoms with E-state index in [1.807, 2.05) is 9.88 Å². The maximum absolute atomic E-state index is 12.8. The molecule has 3 rings (SSSR count). The molecule has 0 atom stereocenters. The summed E-state index contributed by atoms with van der Waals surface area (Å²) in [4.78, 5) is 19.1. The number of hydrogen-bond donors (Lipinski definition) is 1. The summed E-state index contributed by atoms with van der Waals surface area (Å²) in [6.07, 6.45) is -4.36. The topological polar surface area (TPSA) is 49.0 Å². The third-order valence-corrected chi connectivity index (χ3v) is 4.43. The zero-order chi connectivity index (χ0) is 17.5. The highest BCUT2D eigenvalue weighted by molar-refractivity contribution is 6.33. The quantitative estimate of drug-likeness (QED) is 0.868. The highest BCUT2D eigenvalue weighted by atomic mass is 35.5. The largest absolute Gasteiger partial charge is 0.449 e. The number of halogens is 5. The number of hydrogen-bond acceptors (Lipinski definition) is 3. The Balaban J connectivity index is 1.87. The van der Waals surface area contributed by atoms with Crippen molar-refractivity contribution in [2.24, 2.45) is 0 Å². The molecule has 1 N–H and O–H groups in total. The van der Waals surface area contributed by atoms with Gasteiger partial charge in [0.05, 0.1) is 5.69 Å². The van der Waals surface area contributed by atoms with Crippen molar-refractivity contribution >= 4 is 23.2 Å². The summed E-state index contributed by atoms with van der Waals surface area (Å²) >= 11 is 12.1. The molecule has 0 amide bonds. The Kier molecular flexibility index (Phi) is 4.59. The molecule has 128 valence electrons. The average molecular weight is 378 g/mol. The van der Waals surface area contributed by atoms with Crippen LogP contribution in [0.1, 0.15) is 22.6 Å². The van der Waals surface area contributed by atoms with Crippen molar-refractivity contribution in [1.29, 1.82) is 0 Å². The van der Waals surface area contributed by atoms with Crippen LogP contribution in [0.5, 0.6) is 0 Å². The van der Waals surface area contributed by atoms with Crippen molar-refractivity contribution < 1.29 is 13.2 Å². The first-order valence-electron chi connectivity index (χ1n) is 7.09. The molecule has 0 fully saturated rings. The maximum Gasteiger partial charge on any atom is 0.449 e. The van der Waals surface area contributed by atoms with Crippen molar-refractivity contribution in [3.8, 4) is 0 Å². The molecule has 1 aliphatic rings. The van der Waals surface area contributed by atoms with Crippen LogP contribution in [0.3, 0.4) is 0 Å². The Morgan fingerprint density at radius 2 is 2.04 bits per heavy atom. The summed E-state index contributed by atoms with van der Waals surface area (Å²) < 4.78 is 38.4. The third kappa shape index (κ3) is 3.58. The van der Waals surface area contributed by atoms with E-state index >= 15 is 0 Å². The van der Waals surface area contributed by atoms with Gasteiger partial charge in [-0.3, -0.25) is 9.69 Å². The van der Waals surface area contributed by atoms with Gasteiger partial charge >= 0.3 is 6.18 Å². The molecule has 0 radical (unpaired) electrons. The van der Waals surface area contributed by atoms with E-state index in [9.17, 15) is 18.0 Å². The molecule has 1 aromatic carbocycles. The highest BCUT2D eigenvalue weighted by Gasteiger charge is 2.36. The van der Waals surface area contributed by atoms with E-state index in [4.69, 9.17) is 23.2 Å². The van der Waals surface area contributed by atoms with Gasteiger partial charge in [0.15, 0.2) is 0 Å². The van der Waals surface area contributed by atoms with Crippen molar-refractivity contribution in [1.82, 2.24) is 14.9 Å². The number of aromatic nitrogens is 2. The molecule has 0 saturated heterocycles. The number of fused-ring (bicyclic) bond motifs is 1. The van der Waals surface area contributed by atoms with E-state index in [-0.39, 0.29) is 12.2 Å². The Morgan fingerprint density at radius 3 is 2.75 bits per heavy atom. The van der Waals surface area contributed by atoms with Gasteiger partial charge in [-0.2, -0.15) is 13.2 Å². The van der Waals surface area contributed by atoms with Gasteiger partial charge in [0.2, 0.25) is 5.82 Å². The van der Waals surface area contributed by atoms with E-state index in [0.29, 0.717) is 35.1 Å². The monoisotopic (exact) mass is 377 g/mol. The Morgan fingerprint density at radius 1 is 1.29 bits per heavy atom. The molecule has 0 bridgehead atoms. The van der Waals surface area contributed by atoms with Gasteiger partial charge < -0.3 is 4.98 Å². The SMILES string of the molecule is O=c1[nH]c(C(F)(F)F)nc2c1CCN(Cc1cc(Cl)ccc1Cl)C2. The lowest BCUT2D eigenvalue weighted by molar-refractivity contribution is -0.145. The Hall–Kier alpha value is -1.57. The summed E-state index contributed by atoms with van der Waals surface area (Å²) in [5, 5.41) is 1.06. The fourth-order valence-corrected chi connectivity index (χ4v) is 3.04. The first kappa shape index (κ1) is 17.3. The van der Waals surface area contributed by atoms with Crippen LogP contribution in [-0.4, -0.2) is 21.4 Å². The molecule has 0 spiro atoms. The number of rotatable bonds is 2. The number of nitrogens with zero attached hydrogens (tertiary/aromatic N) is 2. The Labute approximate surface area is 145 Å². The summed E-state index contributed by atoms with van der Waals surface area (Å²) in [5.74, 6) is -1.27. The highest BCUT2D eigenvalue weighted by Crippen LogP contribution is 2.28. The summed E-state index contributed by atoms with van der Waals surface area (Å²) in [6.45, 7) is 1.08. The van der Waals surface area contributed by atoms with Crippen LogP contribution in [0.25, 0.3) is 0 Å². The molecule has 4 nitrogen and oxygen atoms in total. The lowest BCUT2D eigenvalue weighted by atomic mass is 10.1. The minimum atomic E-state index is -4.69. The van der Waals surface area contributed by atoms with Gasteiger partial charge in [-0.25, -0.2) is 4.98 Å². The van der Waals surface area contributed by atoms with Gasteiger partial charge in [0.1, 0.15) is 0 Å². The minimum absolute atomic E-state index is 0.144. The third-order valence-electron chi connectivity index (χ3n) is 3.82.